The molecule has 0 atom stereocenters. The summed E-state index contributed by atoms with van der Waals surface area (Å²) in [5.41, 5.74) is 1.26. The van der Waals surface area contributed by atoms with Crippen LogP contribution in [0.3, 0.4) is 0 Å². The van der Waals surface area contributed by atoms with E-state index >= 15 is 0 Å². The second-order valence-electron chi connectivity index (χ2n) is 2.18. The maximum Gasteiger partial charge on any atom is 0.184 e. The summed E-state index contributed by atoms with van der Waals surface area (Å²) in [5.74, 6) is 0.702. The van der Waals surface area contributed by atoms with Crippen molar-refractivity contribution in [2.75, 3.05) is 7.11 Å². The van der Waals surface area contributed by atoms with E-state index in [9.17, 15) is 0 Å². The van der Waals surface area contributed by atoms with Crippen molar-refractivity contribution in [2.24, 2.45) is 4.99 Å². The van der Waals surface area contributed by atoms with Gasteiger partial charge < -0.3 is 4.74 Å². The first-order valence-electron chi connectivity index (χ1n) is 3.44. The van der Waals surface area contributed by atoms with Crippen LogP contribution in [0.25, 0.3) is 0 Å². The Morgan fingerprint density at radius 1 is 1.50 bits per heavy atom. The second kappa shape index (κ2) is 5.03. The van der Waals surface area contributed by atoms with E-state index in [1.54, 1.807) is 7.11 Å². The molecule has 0 aliphatic carbocycles. The third-order valence-electron chi connectivity index (χ3n) is 1.32. The topological polar surface area (TPSA) is 21.6 Å². The Morgan fingerprint density at radius 3 is 2.50 bits per heavy atom. The fourth-order valence-electron chi connectivity index (χ4n) is 0.345. The molecule has 0 rings (SSSR count). The Labute approximate surface area is 62.6 Å². The lowest BCUT2D eigenvalue weighted by molar-refractivity contribution is 0.400. The van der Waals surface area contributed by atoms with Crippen LogP contribution in [-0.2, 0) is 4.74 Å². The predicted octanol–water partition coefficient (Wildman–Crippen LogP) is 2.37. The van der Waals surface area contributed by atoms with Crippen molar-refractivity contribution in [3.8, 4) is 0 Å². The summed E-state index contributed by atoms with van der Waals surface area (Å²) in [6, 6.07) is 0. The maximum atomic E-state index is 4.85. The Kier molecular flexibility index (Phi) is 4.63. The van der Waals surface area contributed by atoms with Crippen molar-refractivity contribution < 1.29 is 4.74 Å². The summed E-state index contributed by atoms with van der Waals surface area (Å²) in [7, 11) is 1.62. The summed E-state index contributed by atoms with van der Waals surface area (Å²) >= 11 is 0. The van der Waals surface area contributed by atoms with Crippen LogP contribution < -0.4 is 0 Å². The van der Waals surface area contributed by atoms with Crippen LogP contribution >= 0.6 is 0 Å². The molecule has 58 valence electrons. The van der Waals surface area contributed by atoms with Gasteiger partial charge in [-0.2, -0.15) is 0 Å². The Balaban J connectivity index is 3.91. The van der Waals surface area contributed by atoms with E-state index in [1.165, 1.54) is 5.57 Å². The molecule has 2 nitrogen and oxygen atoms in total. The maximum absolute atomic E-state index is 4.85. The number of rotatable bonds is 2. The van der Waals surface area contributed by atoms with Crippen molar-refractivity contribution in [3.05, 3.63) is 11.8 Å². The zero-order valence-corrected chi connectivity index (χ0v) is 7.14. The van der Waals surface area contributed by atoms with E-state index in [0.717, 1.165) is 6.42 Å². The SMILES string of the molecule is CCC(C)=CN=C(C)OC. The molecule has 0 saturated heterocycles. The average molecular weight is 141 g/mol. The van der Waals surface area contributed by atoms with Gasteiger partial charge in [-0.25, -0.2) is 4.99 Å². The Bertz CT molecular complexity index is 129. The van der Waals surface area contributed by atoms with Crippen LogP contribution in [0.4, 0.5) is 0 Å². The summed E-state index contributed by atoms with van der Waals surface area (Å²) < 4.78 is 4.85. The number of aliphatic imine (C=N–C) groups is 1. The van der Waals surface area contributed by atoms with Gasteiger partial charge in [0, 0.05) is 13.1 Å². The van der Waals surface area contributed by atoms with Gasteiger partial charge in [-0.1, -0.05) is 12.5 Å². The van der Waals surface area contributed by atoms with Crippen LogP contribution in [0.2, 0.25) is 0 Å². The normalized spacial score (nSPS) is 13.6. The largest absolute Gasteiger partial charge is 0.484 e. The molecule has 0 bridgehead atoms. The van der Waals surface area contributed by atoms with E-state index in [4.69, 9.17) is 4.74 Å². The molecule has 0 unspecified atom stereocenters. The van der Waals surface area contributed by atoms with Crippen molar-refractivity contribution in [1.82, 2.24) is 0 Å². The van der Waals surface area contributed by atoms with E-state index in [0.29, 0.717) is 5.90 Å². The van der Waals surface area contributed by atoms with Gasteiger partial charge in [0.15, 0.2) is 5.90 Å². The highest BCUT2D eigenvalue weighted by atomic mass is 16.5. The number of hydrogen-bond donors (Lipinski definition) is 0. The van der Waals surface area contributed by atoms with E-state index < -0.39 is 0 Å². The molecule has 0 heterocycles. The molecular formula is C8H15NO. The van der Waals surface area contributed by atoms with Crippen LogP contribution in [0.15, 0.2) is 16.8 Å². The quantitative estimate of drug-likeness (QED) is 0.427. The molecule has 0 aliphatic rings. The minimum atomic E-state index is 0.702. The highest BCUT2D eigenvalue weighted by Gasteiger charge is 1.83. The summed E-state index contributed by atoms with van der Waals surface area (Å²) in [6.45, 7) is 5.98. The molecule has 0 radical (unpaired) electrons. The number of ether oxygens (including phenoxy) is 1. The van der Waals surface area contributed by atoms with E-state index in [2.05, 4.69) is 11.9 Å². The Morgan fingerprint density at radius 2 is 2.10 bits per heavy atom. The summed E-state index contributed by atoms with van der Waals surface area (Å²) in [4.78, 5) is 4.05. The standard InChI is InChI=1S/C8H15NO/c1-5-7(2)6-9-8(3)10-4/h6H,5H2,1-4H3. The third-order valence-corrected chi connectivity index (χ3v) is 1.32. The number of nitrogens with zero attached hydrogens (tertiary/aromatic N) is 1. The molecule has 0 aromatic carbocycles. The lowest BCUT2D eigenvalue weighted by Gasteiger charge is -1.94. The lowest BCUT2D eigenvalue weighted by Crippen LogP contribution is -1.91. The monoisotopic (exact) mass is 141 g/mol. The minimum absolute atomic E-state index is 0.702. The predicted molar refractivity (Wildman–Crippen MR) is 44.2 cm³/mol. The van der Waals surface area contributed by atoms with Gasteiger partial charge in [0.2, 0.25) is 0 Å². The summed E-state index contributed by atoms with van der Waals surface area (Å²) in [6.07, 6.45) is 2.87. The van der Waals surface area contributed by atoms with Gasteiger partial charge in [-0.05, 0) is 13.3 Å². The van der Waals surface area contributed by atoms with Crippen molar-refractivity contribution in [2.45, 2.75) is 27.2 Å². The molecule has 10 heavy (non-hydrogen) atoms. The molecule has 0 saturated carbocycles. The Hall–Kier alpha value is -0.790. The van der Waals surface area contributed by atoms with Crippen LogP contribution in [0, 0.1) is 0 Å². The number of methoxy groups -OCH3 is 1. The molecule has 0 N–H and O–H groups in total. The highest BCUT2D eigenvalue weighted by molar-refractivity contribution is 5.73. The lowest BCUT2D eigenvalue weighted by atomic mass is 10.3. The van der Waals surface area contributed by atoms with Gasteiger partial charge in [-0.3, -0.25) is 0 Å². The smallest absolute Gasteiger partial charge is 0.184 e. The molecule has 0 spiro atoms. The molecule has 0 aromatic heterocycles. The summed E-state index contributed by atoms with van der Waals surface area (Å²) in [5, 5.41) is 0. The number of allylic oxidation sites excluding steroid dienone is 1. The number of hydrogen-bond acceptors (Lipinski definition) is 2. The molecule has 0 aliphatic heterocycles. The zero-order chi connectivity index (χ0) is 7.98. The first-order valence-corrected chi connectivity index (χ1v) is 3.44. The van der Waals surface area contributed by atoms with Gasteiger partial charge in [0.1, 0.15) is 0 Å². The second-order valence-corrected chi connectivity index (χ2v) is 2.18. The minimum Gasteiger partial charge on any atom is -0.484 e. The van der Waals surface area contributed by atoms with Crippen molar-refractivity contribution in [1.29, 1.82) is 0 Å². The van der Waals surface area contributed by atoms with Crippen LogP contribution in [-0.4, -0.2) is 13.0 Å². The molecule has 0 fully saturated rings. The van der Waals surface area contributed by atoms with Crippen molar-refractivity contribution in [3.63, 3.8) is 0 Å². The van der Waals surface area contributed by atoms with Gasteiger partial charge in [0.05, 0.1) is 7.11 Å². The first-order chi connectivity index (χ1) is 4.70. The van der Waals surface area contributed by atoms with E-state index in [-0.39, 0.29) is 0 Å². The molecule has 0 aromatic rings. The fraction of sp³-hybridized carbons (Fsp3) is 0.625. The van der Waals surface area contributed by atoms with Gasteiger partial charge in [0.25, 0.3) is 0 Å². The van der Waals surface area contributed by atoms with Crippen LogP contribution in [0.5, 0.6) is 0 Å². The highest BCUT2D eigenvalue weighted by Crippen LogP contribution is 1.97. The first kappa shape index (κ1) is 9.21. The van der Waals surface area contributed by atoms with E-state index in [1.807, 2.05) is 20.0 Å². The third kappa shape index (κ3) is 4.13. The molecule has 2 heteroatoms. The molecule has 0 amide bonds. The van der Waals surface area contributed by atoms with Gasteiger partial charge >= 0.3 is 0 Å². The zero-order valence-electron chi connectivity index (χ0n) is 7.14. The molecular weight excluding hydrogens is 126 g/mol. The van der Waals surface area contributed by atoms with Crippen LogP contribution in [0.1, 0.15) is 27.2 Å². The fourth-order valence-corrected chi connectivity index (χ4v) is 0.345. The van der Waals surface area contributed by atoms with Crippen molar-refractivity contribution >= 4 is 5.90 Å². The average Bonchev–Trinajstić information content (AvgIpc) is 1.99. The van der Waals surface area contributed by atoms with Gasteiger partial charge in [-0.15, -0.1) is 0 Å².